The van der Waals surface area contributed by atoms with Gasteiger partial charge in [0.25, 0.3) is 0 Å². The van der Waals surface area contributed by atoms with Gasteiger partial charge in [0, 0.05) is 0 Å². The van der Waals surface area contributed by atoms with Gasteiger partial charge in [0.1, 0.15) is 13.0 Å². The lowest BCUT2D eigenvalue weighted by molar-refractivity contribution is -0.135. The molecule has 0 aromatic heterocycles. The summed E-state index contributed by atoms with van der Waals surface area (Å²) in [6.07, 6.45) is 0.819. The summed E-state index contributed by atoms with van der Waals surface area (Å²) in [5.41, 5.74) is 0. The third kappa shape index (κ3) is 2.22. The Morgan fingerprint density at radius 2 is 2.64 bits per heavy atom. The fraction of sp³-hybridized carbons (Fsp3) is 0.714. The Hall–Kier alpha value is -1.06. The van der Waals surface area contributed by atoms with E-state index < -0.39 is 5.97 Å². The zero-order chi connectivity index (χ0) is 8.27. The van der Waals surface area contributed by atoms with Crippen molar-refractivity contribution in [2.75, 3.05) is 6.61 Å². The van der Waals surface area contributed by atoms with Crippen LogP contribution in [0.25, 0.3) is 0 Å². The molecule has 1 aliphatic rings. The summed E-state index contributed by atoms with van der Waals surface area (Å²) in [6.45, 7) is 2.54. The molecule has 1 N–H and O–H groups in total. The molecule has 4 heteroatoms. The van der Waals surface area contributed by atoms with Crippen LogP contribution in [0.5, 0.6) is 0 Å². The van der Waals surface area contributed by atoms with Crippen molar-refractivity contribution in [1.29, 1.82) is 0 Å². The Bertz CT molecular complexity index is 188. The normalized spacial score (nSPS) is 22.6. The van der Waals surface area contributed by atoms with Crippen LogP contribution in [-0.2, 0) is 9.53 Å². The van der Waals surface area contributed by atoms with Gasteiger partial charge in [0.15, 0.2) is 5.90 Å². The molecule has 0 saturated carbocycles. The molecule has 1 rings (SSSR count). The van der Waals surface area contributed by atoms with Crippen LogP contribution in [-0.4, -0.2) is 29.6 Å². The minimum atomic E-state index is -0.888. The van der Waals surface area contributed by atoms with Gasteiger partial charge in [-0.05, 0) is 6.42 Å². The number of ether oxygens (including phenoxy) is 1. The van der Waals surface area contributed by atoms with Crippen molar-refractivity contribution in [3.63, 3.8) is 0 Å². The second kappa shape index (κ2) is 3.37. The van der Waals surface area contributed by atoms with Gasteiger partial charge in [0.05, 0.1) is 6.04 Å². The first-order chi connectivity index (χ1) is 5.22. The maximum absolute atomic E-state index is 10.2. The Kier molecular flexibility index (Phi) is 2.46. The summed E-state index contributed by atoms with van der Waals surface area (Å²) in [5, 5.41) is 8.37. The summed E-state index contributed by atoms with van der Waals surface area (Å²) in [4.78, 5) is 14.2. The summed E-state index contributed by atoms with van der Waals surface area (Å²) >= 11 is 0. The highest BCUT2D eigenvalue weighted by Gasteiger charge is 2.18. The Labute approximate surface area is 64.9 Å². The van der Waals surface area contributed by atoms with E-state index in [0.717, 1.165) is 6.42 Å². The highest BCUT2D eigenvalue weighted by Crippen LogP contribution is 2.09. The Morgan fingerprint density at radius 3 is 3.09 bits per heavy atom. The quantitative estimate of drug-likeness (QED) is 0.655. The lowest BCUT2D eigenvalue weighted by Crippen LogP contribution is -2.06. The van der Waals surface area contributed by atoms with Crippen molar-refractivity contribution < 1.29 is 14.6 Å². The summed E-state index contributed by atoms with van der Waals surface area (Å²) < 4.78 is 5.04. The number of hydrogen-bond donors (Lipinski definition) is 1. The fourth-order valence-corrected chi connectivity index (χ4v) is 0.906. The number of hydrogen-bond acceptors (Lipinski definition) is 3. The van der Waals surface area contributed by atoms with Crippen molar-refractivity contribution in [2.45, 2.75) is 25.8 Å². The SMILES string of the molecule is CCC1COC(CC(=O)O)=N1. The maximum atomic E-state index is 10.2. The minimum absolute atomic E-state index is 0.0868. The lowest BCUT2D eigenvalue weighted by atomic mass is 10.3. The van der Waals surface area contributed by atoms with E-state index in [1.54, 1.807) is 0 Å². The highest BCUT2D eigenvalue weighted by atomic mass is 16.5. The largest absolute Gasteiger partial charge is 0.481 e. The van der Waals surface area contributed by atoms with E-state index in [1.165, 1.54) is 0 Å². The molecule has 1 heterocycles. The predicted molar refractivity (Wildman–Crippen MR) is 39.7 cm³/mol. The molecule has 0 spiro atoms. The van der Waals surface area contributed by atoms with Crippen LogP contribution in [0.1, 0.15) is 19.8 Å². The first kappa shape index (κ1) is 8.04. The van der Waals surface area contributed by atoms with Gasteiger partial charge < -0.3 is 9.84 Å². The van der Waals surface area contributed by atoms with E-state index in [-0.39, 0.29) is 12.5 Å². The number of carbonyl (C=O) groups is 1. The molecule has 0 fully saturated rings. The van der Waals surface area contributed by atoms with E-state index in [2.05, 4.69) is 4.99 Å². The average Bonchev–Trinajstić information content (AvgIpc) is 2.34. The number of nitrogens with zero attached hydrogens (tertiary/aromatic N) is 1. The molecule has 11 heavy (non-hydrogen) atoms. The van der Waals surface area contributed by atoms with Crippen LogP contribution in [0.4, 0.5) is 0 Å². The van der Waals surface area contributed by atoms with Gasteiger partial charge in [0.2, 0.25) is 0 Å². The molecular formula is C7H11NO3. The van der Waals surface area contributed by atoms with E-state index in [1.807, 2.05) is 6.92 Å². The molecule has 0 aromatic rings. The standard InChI is InChI=1S/C7H11NO3/c1-2-5-4-11-6(8-5)3-7(9)10/h5H,2-4H2,1H3,(H,9,10). The molecule has 0 aliphatic carbocycles. The third-order valence-electron chi connectivity index (χ3n) is 1.54. The molecule has 0 aromatic carbocycles. The van der Waals surface area contributed by atoms with Crippen molar-refractivity contribution in [3.05, 3.63) is 0 Å². The van der Waals surface area contributed by atoms with Crippen LogP contribution >= 0.6 is 0 Å². The van der Waals surface area contributed by atoms with Crippen LogP contribution < -0.4 is 0 Å². The third-order valence-corrected chi connectivity index (χ3v) is 1.54. The zero-order valence-electron chi connectivity index (χ0n) is 6.41. The molecular weight excluding hydrogens is 146 g/mol. The fourth-order valence-electron chi connectivity index (χ4n) is 0.906. The maximum Gasteiger partial charge on any atom is 0.312 e. The van der Waals surface area contributed by atoms with Gasteiger partial charge in [-0.2, -0.15) is 0 Å². The van der Waals surface area contributed by atoms with Crippen LogP contribution in [0, 0.1) is 0 Å². The molecule has 0 radical (unpaired) electrons. The Morgan fingerprint density at radius 1 is 1.91 bits per heavy atom. The second-order valence-corrected chi connectivity index (χ2v) is 2.47. The van der Waals surface area contributed by atoms with E-state index in [0.29, 0.717) is 12.5 Å². The smallest absolute Gasteiger partial charge is 0.312 e. The minimum Gasteiger partial charge on any atom is -0.481 e. The topological polar surface area (TPSA) is 58.9 Å². The van der Waals surface area contributed by atoms with Crippen LogP contribution in [0.15, 0.2) is 4.99 Å². The van der Waals surface area contributed by atoms with Crippen LogP contribution in [0.3, 0.4) is 0 Å². The number of carboxylic acids is 1. The number of aliphatic imine (C=N–C) groups is 1. The first-order valence-electron chi connectivity index (χ1n) is 3.63. The summed E-state index contributed by atoms with van der Waals surface area (Å²) in [7, 11) is 0. The van der Waals surface area contributed by atoms with Crippen LogP contribution in [0.2, 0.25) is 0 Å². The molecule has 0 amide bonds. The molecule has 1 unspecified atom stereocenters. The summed E-state index contributed by atoms with van der Waals surface area (Å²) in [6, 6.07) is 0.171. The average molecular weight is 157 g/mol. The van der Waals surface area contributed by atoms with Gasteiger partial charge >= 0.3 is 5.97 Å². The van der Waals surface area contributed by atoms with Crippen molar-refractivity contribution in [1.82, 2.24) is 0 Å². The van der Waals surface area contributed by atoms with Gasteiger partial charge in [-0.3, -0.25) is 4.79 Å². The lowest BCUT2D eigenvalue weighted by Gasteiger charge is -1.96. The first-order valence-corrected chi connectivity index (χ1v) is 3.63. The van der Waals surface area contributed by atoms with Gasteiger partial charge in [-0.25, -0.2) is 4.99 Å². The van der Waals surface area contributed by atoms with Gasteiger partial charge in [-0.15, -0.1) is 0 Å². The number of carboxylic acid groups (broad SMARTS) is 1. The molecule has 1 aliphatic heterocycles. The molecule has 1 atom stereocenters. The molecule has 0 bridgehead atoms. The van der Waals surface area contributed by atoms with Gasteiger partial charge in [-0.1, -0.05) is 6.92 Å². The molecule has 0 saturated heterocycles. The monoisotopic (exact) mass is 157 g/mol. The van der Waals surface area contributed by atoms with E-state index >= 15 is 0 Å². The molecule has 4 nitrogen and oxygen atoms in total. The number of rotatable bonds is 3. The van der Waals surface area contributed by atoms with E-state index in [4.69, 9.17) is 9.84 Å². The van der Waals surface area contributed by atoms with Crippen molar-refractivity contribution in [2.24, 2.45) is 4.99 Å². The summed E-state index contributed by atoms with van der Waals surface area (Å²) in [5.74, 6) is -0.523. The second-order valence-electron chi connectivity index (χ2n) is 2.47. The molecule has 62 valence electrons. The zero-order valence-corrected chi connectivity index (χ0v) is 6.41. The Balaban J connectivity index is 2.42. The predicted octanol–water partition coefficient (Wildman–Crippen LogP) is 0.668. The van der Waals surface area contributed by atoms with Crippen molar-refractivity contribution >= 4 is 11.9 Å². The van der Waals surface area contributed by atoms with E-state index in [9.17, 15) is 4.79 Å². The highest BCUT2D eigenvalue weighted by molar-refractivity contribution is 5.94. The number of aliphatic carboxylic acids is 1. The van der Waals surface area contributed by atoms with Crippen molar-refractivity contribution in [3.8, 4) is 0 Å².